The van der Waals surface area contributed by atoms with Crippen LogP contribution in [-0.2, 0) is 17.6 Å². The predicted molar refractivity (Wildman–Crippen MR) is 98.6 cm³/mol. The normalized spacial score (nSPS) is 11.2. The minimum atomic E-state index is 0.000834. The summed E-state index contributed by atoms with van der Waals surface area (Å²) < 4.78 is 1.96. The first kappa shape index (κ1) is 15.4. The highest BCUT2D eigenvalue weighted by Gasteiger charge is 2.09. The molecular weight excluding hydrogens is 312 g/mol. The molecule has 0 fully saturated rings. The van der Waals surface area contributed by atoms with Crippen molar-refractivity contribution in [1.82, 2.24) is 19.7 Å². The van der Waals surface area contributed by atoms with E-state index in [1.807, 2.05) is 54.2 Å². The van der Waals surface area contributed by atoms with E-state index in [0.29, 0.717) is 13.0 Å². The number of carbonyl (C=O) groups is 1. The van der Waals surface area contributed by atoms with Crippen molar-refractivity contribution < 1.29 is 4.79 Å². The lowest BCUT2D eigenvalue weighted by Gasteiger charge is -2.03. The molecule has 0 unspecified atom stereocenters. The fraction of sp³-hybridized carbons (Fsp3) is 0.200. The maximum Gasteiger partial charge on any atom is 0.226 e. The lowest BCUT2D eigenvalue weighted by Crippen LogP contribution is -2.27. The number of benzene rings is 1. The molecular formula is C20H20N4O. The van der Waals surface area contributed by atoms with Crippen molar-refractivity contribution in [3.8, 4) is 0 Å². The summed E-state index contributed by atoms with van der Waals surface area (Å²) in [4.78, 5) is 20.0. The SMILES string of the molecule is Cc1cccn2cc(CC(=O)NCCc3c[nH]c4ccccc34)nc12. The highest BCUT2D eigenvalue weighted by molar-refractivity contribution is 5.83. The van der Waals surface area contributed by atoms with Gasteiger partial charge in [0.2, 0.25) is 5.91 Å². The molecule has 1 aromatic carbocycles. The number of hydrogen-bond donors (Lipinski definition) is 2. The second-order valence-electron chi connectivity index (χ2n) is 6.29. The summed E-state index contributed by atoms with van der Waals surface area (Å²) in [6, 6.07) is 12.2. The molecule has 0 aliphatic carbocycles. The van der Waals surface area contributed by atoms with E-state index >= 15 is 0 Å². The molecule has 0 atom stereocenters. The van der Waals surface area contributed by atoms with Gasteiger partial charge in [0.15, 0.2) is 0 Å². The third kappa shape index (κ3) is 3.13. The molecule has 1 amide bonds. The van der Waals surface area contributed by atoms with Gasteiger partial charge < -0.3 is 14.7 Å². The van der Waals surface area contributed by atoms with E-state index < -0.39 is 0 Å². The fourth-order valence-electron chi connectivity index (χ4n) is 3.19. The maximum absolute atomic E-state index is 12.2. The lowest BCUT2D eigenvalue weighted by atomic mass is 10.1. The van der Waals surface area contributed by atoms with Gasteiger partial charge in [-0.3, -0.25) is 4.79 Å². The standard InChI is InChI=1S/C20H20N4O/c1-14-5-4-10-24-13-16(23-20(14)24)11-19(25)21-9-8-15-12-22-18-7-3-2-6-17(15)18/h2-7,10,12-13,22H,8-9,11H2,1H3,(H,21,25). The number of para-hydroxylation sites is 1. The van der Waals surface area contributed by atoms with Crippen molar-refractivity contribution in [2.75, 3.05) is 6.54 Å². The molecule has 25 heavy (non-hydrogen) atoms. The van der Waals surface area contributed by atoms with Crippen molar-refractivity contribution in [2.45, 2.75) is 19.8 Å². The van der Waals surface area contributed by atoms with Gasteiger partial charge in [0.1, 0.15) is 5.65 Å². The van der Waals surface area contributed by atoms with E-state index in [1.165, 1.54) is 10.9 Å². The molecule has 0 spiro atoms. The Morgan fingerprint density at radius 1 is 1.24 bits per heavy atom. The Morgan fingerprint density at radius 2 is 2.12 bits per heavy atom. The van der Waals surface area contributed by atoms with E-state index in [1.54, 1.807) is 0 Å². The molecule has 0 aliphatic rings. The number of pyridine rings is 1. The molecule has 3 aromatic heterocycles. The summed E-state index contributed by atoms with van der Waals surface area (Å²) >= 11 is 0. The quantitative estimate of drug-likeness (QED) is 0.590. The smallest absolute Gasteiger partial charge is 0.226 e. The van der Waals surface area contributed by atoms with Gasteiger partial charge in [0.05, 0.1) is 12.1 Å². The number of amides is 1. The van der Waals surface area contributed by atoms with Gasteiger partial charge in [-0.15, -0.1) is 0 Å². The first-order chi connectivity index (χ1) is 12.2. The third-order valence-electron chi connectivity index (χ3n) is 4.46. The number of fused-ring (bicyclic) bond motifs is 2. The molecule has 5 heteroatoms. The van der Waals surface area contributed by atoms with E-state index in [9.17, 15) is 4.79 Å². The Morgan fingerprint density at radius 3 is 3.00 bits per heavy atom. The first-order valence-corrected chi connectivity index (χ1v) is 8.45. The maximum atomic E-state index is 12.2. The minimum absolute atomic E-state index is 0.000834. The molecule has 0 bridgehead atoms. The van der Waals surface area contributed by atoms with E-state index in [4.69, 9.17) is 0 Å². The first-order valence-electron chi connectivity index (χ1n) is 8.45. The Hall–Kier alpha value is -3.08. The number of carbonyl (C=O) groups excluding carboxylic acids is 1. The van der Waals surface area contributed by atoms with Crippen LogP contribution in [0.4, 0.5) is 0 Å². The summed E-state index contributed by atoms with van der Waals surface area (Å²) in [5, 5.41) is 4.21. The average molecular weight is 332 g/mol. The molecule has 0 saturated heterocycles. The molecule has 4 rings (SSSR count). The average Bonchev–Trinajstić information content (AvgIpc) is 3.20. The van der Waals surface area contributed by atoms with Crippen LogP contribution in [-0.4, -0.2) is 26.8 Å². The zero-order chi connectivity index (χ0) is 17.2. The lowest BCUT2D eigenvalue weighted by molar-refractivity contribution is -0.120. The highest BCUT2D eigenvalue weighted by atomic mass is 16.1. The van der Waals surface area contributed by atoms with Crippen LogP contribution in [0.1, 0.15) is 16.8 Å². The fourth-order valence-corrected chi connectivity index (χ4v) is 3.19. The van der Waals surface area contributed by atoms with Crippen molar-refractivity contribution in [2.24, 2.45) is 0 Å². The molecule has 0 radical (unpaired) electrons. The van der Waals surface area contributed by atoms with Gasteiger partial charge in [-0.1, -0.05) is 24.3 Å². The van der Waals surface area contributed by atoms with Crippen LogP contribution in [0, 0.1) is 6.92 Å². The van der Waals surface area contributed by atoms with Crippen LogP contribution in [0.2, 0.25) is 0 Å². The number of nitrogens with zero attached hydrogens (tertiary/aromatic N) is 2. The number of H-pyrrole nitrogens is 1. The van der Waals surface area contributed by atoms with E-state index in [2.05, 4.69) is 27.4 Å². The summed E-state index contributed by atoms with van der Waals surface area (Å²) in [5.41, 5.74) is 5.15. The number of aromatic amines is 1. The largest absolute Gasteiger partial charge is 0.361 e. The Balaban J connectivity index is 1.36. The van der Waals surface area contributed by atoms with Gasteiger partial charge >= 0.3 is 0 Å². The number of nitrogens with one attached hydrogen (secondary N) is 2. The molecule has 0 aliphatic heterocycles. The molecule has 5 nitrogen and oxygen atoms in total. The van der Waals surface area contributed by atoms with Crippen molar-refractivity contribution in [3.05, 3.63) is 71.8 Å². The third-order valence-corrected chi connectivity index (χ3v) is 4.46. The second-order valence-corrected chi connectivity index (χ2v) is 6.29. The van der Waals surface area contributed by atoms with Gasteiger partial charge in [-0.25, -0.2) is 4.98 Å². The van der Waals surface area contributed by atoms with Crippen LogP contribution in [0.3, 0.4) is 0 Å². The number of aryl methyl sites for hydroxylation is 1. The van der Waals surface area contributed by atoms with Crippen LogP contribution in [0.25, 0.3) is 16.6 Å². The minimum Gasteiger partial charge on any atom is -0.361 e. The van der Waals surface area contributed by atoms with Gasteiger partial charge in [0, 0.05) is 36.0 Å². The van der Waals surface area contributed by atoms with Crippen LogP contribution >= 0.6 is 0 Å². The van der Waals surface area contributed by atoms with Gasteiger partial charge in [-0.2, -0.15) is 0 Å². The zero-order valence-corrected chi connectivity index (χ0v) is 14.1. The number of aromatic nitrogens is 3. The van der Waals surface area contributed by atoms with Crippen LogP contribution in [0.5, 0.6) is 0 Å². The topological polar surface area (TPSA) is 62.2 Å². The molecule has 126 valence electrons. The summed E-state index contributed by atoms with van der Waals surface area (Å²) in [5.74, 6) is 0.000834. The van der Waals surface area contributed by atoms with Gasteiger partial charge in [0.25, 0.3) is 0 Å². The second kappa shape index (κ2) is 6.43. The summed E-state index contributed by atoms with van der Waals surface area (Å²) in [6.07, 6.45) is 6.99. The number of hydrogen-bond acceptors (Lipinski definition) is 2. The van der Waals surface area contributed by atoms with Crippen LogP contribution < -0.4 is 5.32 Å². The van der Waals surface area contributed by atoms with Gasteiger partial charge in [-0.05, 0) is 36.6 Å². The molecule has 0 saturated carbocycles. The summed E-state index contributed by atoms with van der Waals surface area (Å²) in [7, 11) is 0. The van der Waals surface area contributed by atoms with Crippen molar-refractivity contribution in [3.63, 3.8) is 0 Å². The Bertz CT molecular complexity index is 1040. The van der Waals surface area contributed by atoms with Crippen molar-refractivity contribution >= 4 is 22.5 Å². The number of imidazole rings is 1. The zero-order valence-electron chi connectivity index (χ0n) is 14.1. The molecule has 3 heterocycles. The highest BCUT2D eigenvalue weighted by Crippen LogP contribution is 2.17. The van der Waals surface area contributed by atoms with Crippen molar-refractivity contribution in [1.29, 1.82) is 0 Å². The molecule has 2 N–H and O–H groups in total. The monoisotopic (exact) mass is 332 g/mol. The van der Waals surface area contributed by atoms with E-state index in [0.717, 1.165) is 28.8 Å². The molecule has 4 aromatic rings. The Labute approximate surface area is 145 Å². The predicted octanol–water partition coefficient (Wildman–Crippen LogP) is 3.03. The van der Waals surface area contributed by atoms with E-state index in [-0.39, 0.29) is 5.91 Å². The van der Waals surface area contributed by atoms with Crippen LogP contribution in [0.15, 0.2) is 55.0 Å². The number of rotatable bonds is 5. The Kier molecular flexibility index (Phi) is 3.98. The summed E-state index contributed by atoms with van der Waals surface area (Å²) in [6.45, 7) is 2.64.